The van der Waals surface area contributed by atoms with Gasteiger partial charge in [0.15, 0.2) is 0 Å². The highest BCUT2D eigenvalue weighted by molar-refractivity contribution is 9.11. The van der Waals surface area contributed by atoms with Crippen molar-refractivity contribution < 1.29 is 4.74 Å². The number of aromatic nitrogens is 1. The lowest BCUT2D eigenvalue weighted by Crippen LogP contribution is -2.21. The first-order valence-electron chi connectivity index (χ1n) is 7.40. The Morgan fingerprint density at radius 3 is 2.86 bits per heavy atom. The minimum atomic E-state index is 0.578. The molecule has 1 saturated heterocycles. The molecule has 1 aromatic heterocycles. The molecule has 0 radical (unpaired) electrons. The third-order valence-electron chi connectivity index (χ3n) is 3.88. The molecule has 5 heteroatoms. The molecule has 2 aromatic rings. The van der Waals surface area contributed by atoms with Gasteiger partial charge in [0.2, 0.25) is 0 Å². The largest absolute Gasteiger partial charge is 0.376 e. The second-order valence-corrected chi connectivity index (χ2v) is 7.23. The van der Waals surface area contributed by atoms with E-state index in [1.54, 1.807) is 0 Å². The van der Waals surface area contributed by atoms with Gasteiger partial charge in [-0.3, -0.25) is 0 Å². The zero-order chi connectivity index (χ0) is 15.4. The summed E-state index contributed by atoms with van der Waals surface area (Å²) in [5.41, 5.74) is 2.39. The quantitative estimate of drug-likeness (QED) is 0.652. The molecule has 0 spiro atoms. The van der Waals surface area contributed by atoms with Crippen molar-refractivity contribution in [3.8, 4) is 0 Å². The zero-order valence-electron chi connectivity index (χ0n) is 12.2. The SMILES string of the molecule is Brc1cnc(Br)c(N2CC[C@H](COCc3ccccc3)C2)c1. The van der Waals surface area contributed by atoms with E-state index in [-0.39, 0.29) is 0 Å². The Balaban J connectivity index is 1.51. The zero-order valence-corrected chi connectivity index (χ0v) is 15.4. The van der Waals surface area contributed by atoms with Gasteiger partial charge >= 0.3 is 0 Å². The fraction of sp³-hybridized carbons (Fsp3) is 0.353. The van der Waals surface area contributed by atoms with E-state index in [9.17, 15) is 0 Å². The van der Waals surface area contributed by atoms with Crippen LogP contribution in [0, 0.1) is 5.92 Å². The number of ether oxygens (including phenoxy) is 1. The lowest BCUT2D eigenvalue weighted by atomic mass is 10.1. The van der Waals surface area contributed by atoms with E-state index in [1.165, 1.54) is 5.56 Å². The first-order valence-corrected chi connectivity index (χ1v) is 8.98. The molecule has 1 aliphatic heterocycles. The van der Waals surface area contributed by atoms with Crippen LogP contribution in [0.2, 0.25) is 0 Å². The van der Waals surface area contributed by atoms with Crippen LogP contribution in [0.1, 0.15) is 12.0 Å². The van der Waals surface area contributed by atoms with Gasteiger partial charge in [0, 0.05) is 29.7 Å². The van der Waals surface area contributed by atoms with Gasteiger partial charge < -0.3 is 9.64 Å². The van der Waals surface area contributed by atoms with Crippen molar-refractivity contribution in [1.82, 2.24) is 4.98 Å². The van der Waals surface area contributed by atoms with Crippen LogP contribution in [0.5, 0.6) is 0 Å². The number of nitrogens with zero attached hydrogens (tertiary/aromatic N) is 2. The molecule has 1 atom stereocenters. The molecule has 22 heavy (non-hydrogen) atoms. The minimum Gasteiger partial charge on any atom is -0.376 e. The maximum Gasteiger partial charge on any atom is 0.129 e. The molecule has 0 unspecified atom stereocenters. The van der Waals surface area contributed by atoms with E-state index in [2.05, 4.69) is 59.9 Å². The van der Waals surface area contributed by atoms with E-state index in [0.29, 0.717) is 12.5 Å². The standard InChI is InChI=1S/C17H18Br2N2O/c18-15-8-16(17(19)20-9-15)21-7-6-14(10-21)12-22-11-13-4-2-1-3-5-13/h1-5,8-9,14H,6-7,10-12H2/t14-/m0/s1. The highest BCUT2D eigenvalue weighted by atomic mass is 79.9. The Kier molecular flexibility index (Phi) is 5.50. The molecule has 0 saturated carbocycles. The highest BCUT2D eigenvalue weighted by Crippen LogP contribution is 2.31. The number of benzene rings is 1. The molecular weight excluding hydrogens is 408 g/mol. The van der Waals surface area contributed by atoms with Crippen molar-refractivity contribution in [1.29, 1.82) is 0 Å². The summed E-state index contributed by atoms with van der Waals surface area (Å²) in [5, 5.41) is 0. The van der Waals surface area contributed by atoms with E-state index in [0.717, 1.165) is 40.9 Å². The summed E-state index contributed by atoms with van der Waals surface area (Å²) in [5.74, 6) is 0.578. The maximum absolute atomic E-state index is 5.88. The van der Waals surface area contributed by atoms with Crippen LogP contribution >= 0.6 is 31.9 Å². The molecule has 1 aliphatic rings. The number of hydrogen-bond donors (Lipinski definition) is 0. The fourth-order valence-corrected chi connectivity index (χ4v) is 3.53. The minimum absolute atomic E-state index is 0.578. The van der Waals surface area contributed by atoms with Crippen LogP contribution in [-0.4, -0.2) is 24.7 Å². The summed E-state index contributed by atoms with van der Waals surface area (Å²) in [7, 11) is 0. The molecule has 3 rings (SSSR count). The molecule has 3 nitrogen and oxygen atoms in total. The van der Waals surface area contributed by atoms with Gasteiger partial charge in [-0.05, 0) is 49.9 Å². The first kappa shape index (κ1) is 16.0. The summed E-state index contributed by atoms with van der Waals surface area (Å²) >= 11 is 7.03. The number of pyridine rings is 1. The monoisotopic (exact) mass is 424 g/mol. The van der Waals surface area contributed by atoms with Gasteiger partial charge in [-0.25, -0.2) is 4.98 Å². The fourth-order valence-electron chi connectivity index (χ4n) is 2.74. The van der Waals surface area contributed by atoms with Crippen LogP contribution in [0.15, 0.2) is 51.7 Å². The Morgan fingerprint density at radius 1 is 1.23 bits per heavy atom. The lowest BCUT2D eigenvalue weighted by Gasteiger charge is -2.20. The van der Waals surface area contributed by atoms with Crippen LogP contribution in [0.3, 0.4) is 0 Å². The second kappa shape index (κ2) is 7.57. The molecular formula is C17H18Br2N2O. The number of rotatable bonds is 5. The Hall–Kier alpha value is -0.910. The van der Waals surface area contributed by atoms with Crippen LogP contribution in [-0.2, 0) is 11.3 Å². The van der Waals surface area contributed by atoms with Gasteiger partial charge in [0.25, 0.3) is 0 Å². The third-order valence-corrected chi connectivity index (χ3v) is 4.92. The predicted octanol–water partition coefficient (Wildman–Crippen LogP) is 4.65. The number of hydrogen-bond acceptors (Lipinski definition) is 3. The summed E-state index contributed by atoms with van der Waals surface area (Å²) in [6, 6.07) is 12.4. The molecule has 0 N–H and O–H groups in total. The average Bonchev–Trinajstić information content (AvgIpc) is 2.99. The Morgan fingerprint density at radius 2 is 2.05 bits per heavy atom. The van der Waals surface area contributed by atoms with Crippen molar-refractivity contribution in [2.45, 2.75) is 13.0 Å². The van der Waals surface area contributed by atoms with Crippen molar-refractivity contribution >= 4 is 37.5 Å². The number of anilines is 1. The third kappa shape index (κ3) is 4.09. The van der Waals surface area contributed by atoms with E-state index in [4.69, 9.17) is 4.74 Å². The molecule has 0 bridgehead atoms. The van der Waals surface area contributed by atoms with Gasteiger partial charge in [0.05, 0.1) is 18.9 Å². The van der Waals surface area contributed by atoms with E-state index >= 15 is 0 Å². The van der Waals surface area contributed by atoms with Crippen LogP contribution in [0.25, 0.3) is 0 Å². The molecule has 2 heterocycles. The molecule has 1 fully saturated rings. The predicted molar refractivity (Wildman–Crippen MR) is 96.1 cm³/mol. The molecule has 0 amide bonds. The molecule has 0 aliphatic carbocycles. The maximum atomic E-state index is 5.88. The van der Waals surface area contributed by atoms with Crippen molar-refractivity contribution in [2.24, 2.45) is 5.92 Å². The highest BCUT2D eigenvalue weighted by Gasteiger charge is 2.24. The van der Waals surface area contributed by atoms with Crippen molar-refractivity contribution in [3.05, 3.63) is 57.2 Å². The average molecular weight is 426 g/mol. The smallest absolute Gasteiger partial charge is 0.129 e. The van der Waals surface area contributed by atoms with Crippen molar-refractivity contribution in [3.63, 3.8) is 0 Å². The topological polar surface area (TPSA) is 25.4 Å². The second-order valence-electron chi connectivity index (χ2n) is 5.56. The Labute approximate surface area is 148 Å². The molecule has 116 valence electrons. The first-order chi connectivity index (χ1) is 10.7. The van der Waals surface area contributed by atoms with Crippen molar-refractivity contribution in [2.75, 3.05) is 24.6 Å². The lowest BCUT2D eigenvalue weighted by molar-refractivity contribution is 0.0929. The Bertz CT molecular complexity index is 621. The van der Waals surface area contributed by atoms with E-state index in [1.807, 2.05) is 24.4 Å². The van der Waals surface area contributed by atoms with Crippen LogP contribution < -0.4 is 4.90 Å². The van der Waals surface area contributed by atoms with Gasteiger partial charge in [0.1, 0.15) is 4.60 Å². The van der Waals surface area contributed by atoms with E-state index < -0.39 is 0 Å². The summed E-state index contributed by atoms with van der Waals surface area (Å²) < 4.78 is 7.79. The van der Waals surface area contributed by atoms with Gasteiger partial charge in [-0.2, -0.15) is 0 Å². The summed E-state index contributed by atoms with van der Waals surface area (Å²) in [6.07, 6.45) is 2.97. The summed E-state index contributed by atoms with van der Waals surface area (Å²) in [6.45, 7) is 3.57. The normalized spacial score (nSPS) is 17.9. The van der Waals surface area contributed by atoms with Crippen LogP contribution in [0.4, 0.5) is 5.69 Å². The van der Waals surface area contributed by atoms with Gasteiger partial charge in [-0.1, -0.05) is 30.3 Å². The van der Waals surface area contributed by atoms with Gasteiger partial charge in [-0.15, -0.1) is 0 Å². The summed E-state index contributed by atoms with van der Waals surface area (Å²) in [4.78, 5) is 6.72. The number of halogens is 2. The molecule has 1 aromatic carbocycles.